The van der Waals surface area contributed by atoms with Gasteiger partial charge in [0.15, 0.2) is 0 Å². The van der Waals surface area contributed by atoms with Crippen LogP contribution in [-0.2, 0) is 16.1 Å². The monoisotopic (exact) mass is 413 g/mol. The van der Waals surface area contributed by atoms with Gasteiger partial charge in [-0.15, -0.1) is 0 Å². The Balaban J connectivity index is 1.50. The van der Waals surface area contributed by atoms with E-state index in [4.69, 9.17) is 5.73 Å². The van der Waals surface area contributed by atoms with Gasteiger partial charge >= 0.3 is 5.69 Å². The second-order valence-electron chi connectivity index (χ2n) is 8.19. The molecule has 4 rings (SSSR count). The van der Waals surface area contributed by atoms with Crippen molar-refractivity contribution in [1.82, 2.24) is 19.4 Å². The molecule has 0 bridgehead atoms. The SMILES string of the molecule is NC(=O)C1(N2CCCCC2)CCN(C(=O)Cn2c(=O)[nH]c3ccccc3c2=O)CC1. The van der Waals surface area contributed by atoms with Gasteiger partial charge < -0.3 is 15.6 Å². The molecule has 9 nitrogen and oxygen atoms in total. The number of nitrogens with two attached hydrogens (primary N) is 1. The molecule has 30 heavy (non-hydrogen) atoms. The first-order chi connectivity index (χ1) is 14.4. The number of aromatic amines is 1. The van der Waals surface area contributed by atoms with E-state index in [2.05, 4.69) is 9.88 Å². The Morgan fingerprint density at radius 3 is 2.33 bits per heavy atom. The highest BCUT2D eigenvalue weighted by Gasteiger charge is 2.45. The van der Waals surface area contributed by atoms with Crippen molar-refractivity contribution in [3.63, 3.8) is 0 Å². The van der Waals surface area contributed by atoms with Gasteiger partial charge in [-0.1, -0.05) is 18.6 Å². The number of likely N-dealkylation sites (tertiary alicyclic amines) is 2. The minimum atomic E-state index is -0.714. The van der Waals surface area contributed by atoms with Crippen molar-refractivity contribution in [2.75, 3.05) is 26.2 Å². The Kier molecular flexibility index (Phi) is 5.46. The van der Waals surface area contributed by atoms with Crippen LogP contribution in [-0.4, -0.2) is 62.9 Å². The Morgan fingerprint density at radius 1 is 1.00 bits per heavy atom. The lowest BCUT2D eigenvalue weighted by atomic mass is 9.83. The summed E-state index contributed by atoms with van der Waals surface area (Å²) in [7, 11) is 0. The minimum absolute atomic E-state index is 0.311. The number of hydrogen-bond donors (Lipinski definition) is 2. The van der Waals surface area contributed by atoms with Crippen molar-refractivity contribution in [2.45, 2.75) is 44.2 Å². The molecule has 2 saturated heterocycles. The molecule has 2 aromatic rings. The molecule has 2 aliphatic rings. The zero-order valence-electron chi connectivity index (χ0n) is 16.9. The summed E-state index contributed by atoms with van der Waals surface area (Å²) in [6.07, 6.45) is 4.19. The second kappa shape index (κ2) is 8.06. The minimum Gasteiger partial charge on any atom is -0.368 e. The van der Waals surface area contributed by atoms with Crippen molar-refractivity contribution in [3.05, 3.63) is 45.1 Å². The van der Waals surface area contributed by atoms with Crippen molar-refractivity contribution in [3.8, 4) is 0 Å². The van der Waals surface area contributed by atoms with Crippen molar-refractivity contribution in [2.24, 2.45) is 5.73 Å². The third kappa shape index (κ3) is 3.54. The van der Waals surface area contributed by atoms with Crippen LogP contribution >= 0.6 is 0 Å². The average molecular weight is 413 g/mol. The third-order valence-corrected chi connectivity index (χ3v) is 6.55. The molecular formula is C21H27N5O4. The van der Waals surface area contributed by atoms with E-state index >= 15 is 0 Å². The number of fused-ring (bicyclic) bond motifs is 1. The number of piperidine rings is 2. The fraction of sp³-hybridized carbons (Fsp3) is 0.524. The van der Waals surface area contributed by atoms with Gasteiger partial charge in [0, 0.05) is 13.1 Å². The zero-order valence-corrected chi connectivity index (χ0v) is 16.9. The van der Waals surface area contributed by atoms with Crippen molar-refractivity contribution < 1.29 is 9.59 Å². The maximum atomic E-state index is 12.8. The standard InChI is InChI=1S/C21H27N5O4/c22-19(29)21(25-10-4-1-5-11-25)8-12-24(13-9-21)17(27)14-26-18(28)15-6-2-3-7-16(15)23-20(26)30/h2-3,6-7H,1,4-5,8-14H2,(H2,22,29)(H,23,30). The molecule has 0 unspecified atom stereocenters. The molecule has 9 heteroatoms. The van der Waals surface area contributed by atoms with E-state index in [-0.39, 0.29) is 18.4 Å². The summed E-state index contributed by atoms with van der Waals surface area (Å²) in [6, 6.07) is 6.71. The van der Waals surface area contributed by atoms with Gasteiger partial charge in [-0.2, -0.15) is 0 Å². The number of nitrogens with zero attached hydrogens (tertiary/aromatic N) is 3. The van der Waals surface area contributed by atoms with E-state index in [1.54, 1.807) is 29.2 Å². The van der Waals surface area contributed by atoms with Crippen LogP contribution in [0.25, 0.3) is 10.9 Å². The number of benzene rings is 1. The van der Waals surface area contributed by atoms with E-state index in [0.717, 1.165) is 36.9 Å². The lowest BCUT2D eigenvalue weighted by Crippen LogP contribution is -2.64. The van der Waals surface area contributed by atoms with Gasteiger partial charge in [0.05, 0.1) is 10.9 Å². The van der Waals surface area contributed by atoms with Crippen LogP contribution in [0, 0.1) is 0 Å². The summed E-state index contributed by atoms with van der Waals surface area (Å²) >= 11 is 0. The van der Waals surface area contributed by atoms with Gasteiger partial charge in [0.2, 0.25) is 11.8 Å². The van der Waals surface area contributed by atoms with E-state index in [1.165, 1.54) is 0 Å². The highest BCUT2D eigenvalue weighted by atomic mass is 16.2. The molecule has 0 spiro atoms. The first kappa shape index (κ1) is 20.3. The summed E-state index contributed by atoms with van der Waals surface area (Å²) < 4.78 is 0.936. The Bertz CT molecular complexity index is 1070. The van der Waals surface area contributed by atoms with Crippen LogP contribution in [0.3, 0.4) is 0 Å². The van der Waals surface area contributed by atoms with Gasteiger partial charge in [0.25, 0.3) is 5.56 Å². The Labute approximate surface area is 173 Å². The van der Waals surface area contributed by atoms with Crippen LogP contribution < -0.4 is 17.0 Å². The molecule has 0 aliphatic carbocycles. The lowest BCUT2D eigenvalue weighted by molar-refractivity contribution is -0.142. The Morgan fingerprint density at radius 2 is 1.67 bits per heavy atom. The van der Waals surface area contributed by atoms with E-state index < -0.39 is 16.8 Å². The molecule has 0 radical (unpaired) electrons. The third-order valence-electron chi connectivity index (χ3n) is 6.55. The molecule has 2 fully saturated rings. The largest absolute Gasteiger partial charge is 0.368 e. The number of rotatable bonds is 4. The number of hydrogen-bond acceptors (Lipinski definition) is 5. The highest BCUT2D eigenvalue weighted by Crippen LogP contribution is 2.31. The van der Waals surface area contributed by atoms with Gasteiger partial charge in [-0.3, -0.25) is 23.9 Å². The number of para-hydroxylation sites is 1. The predicted molar refractivity (Wildman–Crippen MR) is 112 cm³/mol. The van der Waals surface area contributed by atoms with Crippen molar-refractivity contribution >= 4 is 22.7 Å². The molecule has 0 saturated carbocycles. The summed E-state index contributed by atoms with van der Waals surface area (Å²) in [6.45, 7) is 2.11. The van der Waals surface area contributed by atoms with Crippen LogP contribution in [0.15, 0.2) is 33.9 Å². The molecule has 0 atom stereocenters. The number of carbonyl (C=O) groups excluding carboxylic acids is 2. The van der Waals surface area contributed by atoms with Crippen molar-refractivity contribution in [1.29, 1.82) is 0 Å². The molecule has 2 aliphatic heterocycles. The summed E-state index contributed by atoms with van der Waals surface area (Å²) in [5, 5.41) is 0.362. The van der Waals surface area contributed by atoms with Crippen LogP contribution in [0.4, 0.5) is 0 Å². The summed E-state index contributed by atoms with van der Waals surface area (Å²) in [5.41, 5.74) is 4.43. The van der Waals surface area contributed by atoms with Gasteiger partial charge in [-0.05, 0) is 50.9 Å². The smallest absolute Gasteiger partial charge is 0.329 e. The maximum absolute atomic E-state index is 12.8. The Hall–Kier alpha value is -2.94. The quantitative estimate of drug-likeness (QED) is 0.732. The summed E-state index contributed by atoms with van der Waals surface area (Å²) in [4.78, 5) is 56.6. The van der Waals surface area contributed by atoms with Crippen LogP contribution in [0.2, 0.25) is 0 Å². The predicted octanol–water partition coefficient (Wildman–Crippen LogP) is 0.0222. The first-order valence-electron chi connectivity index (χ1n) is 10.5. The average Bonchev–Trinajstić information content (AvgIpc) is 2.77. The van der Waals surface area contributed by atoms with Crippen LogP contribution in [0.5, 0.6) is 0 Å². The molecular weight excluding hydrogens is 386 g/mol. The maximum Gasteiger partial charge on any atom is 0.329 e. The number of nitrogens with one attached hydrogen (secondary N) is 1. The number of aromatic nitrogens is 2. The van der Waals surface area contributed by atoms with E-state index in [9.17, 15) is 19.2 Å². The van der Waals surface area contributed by atoms with Gasteiger partial charge in [-0.25, -0.2) is 4.79 Å². The van der Waals surface area contributed by atoms with Crippen LogP contribution in [0.1, 0.15) is 32.1 Å². The molecule has 160 valence electrons. The fourth-order valence-electron chi connectivity index (χ4n) is 4.74. The molecule has 1 aromatic carbocycles. The highest BCUT2D eigenvalue weighted by molar-refractivity contribution is 5.85. The normalized spacial score (nSPS) is 19.7. The zero-order chi connectivity index (χ0) is 21.3. The molecule has 2 amide bonds. The molecule has 3 N–H and O–H groups in total. The fourth-order valence-corrected chi connectivity index (χ4v) is 4.74. The second-order valence-corrected chi connectivity index (χ2v) is 8.19. The summed E-state index contributed by atoms with van der Waals surface area (Å²) in [5.74, 6) is -0.645. The number of amides is 2. The number of carbonyl (C=O) groups is 2. The lowest BCUT2D eigenvalue weighted by Gasteiger charge is -2.48. The van der Waals surface area contributed by atoms with E-state index in [1.807, 2.05) is 0 Å². The molecule has 3 heterocycles. The first-order valence-corrected chi connectivity index (χ1v) is 10.5. The van der Waals surface area contributed by atoms with Gasteiger partial charge in [0.1, 0.15) is 12.1 Å². The molecule has 1 aromatic heterocycles. The number of H-pyrrole nitrogens is 1. The van der Waals surface area contributed by atoms with E-state index in [0.29, 0.717) is 36.8 Å². The topological polar surface area (TPSA) is 122 Å². The number of primary amides is 1.